The van der Waals surface area contributed by atoms with Crippen molar-refractivity contribution in [1.82, 2.24) is 8.61 Å². The standard InChI is InChI=1S/C22H30N2O6S/c1-3-23-19(15-29-17-11-7-5-8-12-17)21(25)22(26)20(24(4-2)31(23,27)28)16-30-18-13-9-6-10-14-18/h5-14,19-22,25-26H,3-4,15-16H2,1-2H3/t19-,20-,21+,22+/m1/s1. The Morgan fingerprint density at radius 3 is 1.42 bits per heavy atom. The highest BCUT2D eigenvalue weighted by Gasteiger charge is 2.50. The molecule has 0 spiro atoms. The molecule has 1 aliphatic rings. The minimum Gasteiger partial charge on any atom is -0.492 e. The highest BCUT2D eigenvalue weighted by molar-refractivity contribution is 7.86. The molecule has 0 aliphatic carbocycles. The maximum absolute atomic E-state index is 13.4. The lowest BCUT2D eigenvalue weighted by atomic mass is 9.99. The van der Waals surface area contributed by atoms with Gasteiger partial charge in [-0.05, 0) is 24.3 Å². The van der Waals surface area contributed by atoms with Crippen LogP contribution >= 0.6 is 0 Å². The number of hydrogen-bond acceptors (Lipinski definition) is 6. The van der Waals surface area contributed by atoms with Crippen LogP contribution in [0.4, 0.5) is 0 Å². The third-order valence-electron chi connectivity index (χ3n) is 5.42. The number of para-hydroxylation sites is 2. The van der Waals surface area contributed by atoms with Crippen LogP contribution in [0.25, 0.3) is 0 Å². The number of aliphatic hydroxyl groups is 2. The molecular weight excluding hydrogens is 420 g/mol. The first-order chi connectivity index (χ1) is 14.9. The van der Waals surface area contributed by atoms with Gasteiger partial charge >= 0.3 is 0 Å². The summed E-state index contributed by atoms with van der Waals surface area (Å²) in [7, 11) is -3.99. The van der Waals surface area contributed by atoms with Gasteiger partial charge in [-0.25, -0.2) is 0 Å². The number of nitrogens with zero attached hydrogens (tertiary/aromatic N) is 2. The van der Waals surface area contributed by atoms with Crippen LogP contribution in [0.3, 0.4) is 0 Å². The van der Waals surface area contributed by atoms with Gasteiger partial charge in [-0.2, -0.15) is 17.0 Å². The molecule has 8 nitrogen and oxygen atoms in total. The second-order valence-electron chi connectivity index (χ2n) is 7.28. The third kappa shape index (κ3) is 5.19. The smallest absolute Gasteiger partial charge is 0.282 e. The number of benzene rings is 2. The van der Waals surface area contributed by atoms with E-state index in [0.717, 1.165) is 0 Å². The van der Waals surface area contributed by atoms with Gasteiger partial charge < -0.3 is 19.7 Å². The summed E-state index contributed by atoms with van der Waals surface area (Å²) in [6.45, 7) is 3.44. The number of rotatable bonds is 8. The molecule has 0 saturated carbocycles. The Hall–Kier alpha value is -2.17. The van der Waals surface area contributed by atoms with Gasteiger partial charge in [0.1, 0.15) is 36.9 Å². The molecule has 4 atom stereocenters. The summed E-state index contributed by atoms with van der Waals surface area (Å²) in [4.78, 5) is 0. The van der Waals surface area contributed by atoms with Gasteiger partial charge in [0.05, 0.1) is 12.1 Å². The molecule has 9 heteroatoms. The molecule has 2 N–H and O–H groups in total. The molecule has 1 saturated heterocycles. The van der Waals surface area contributed by atoms with Crippen molar-refractivity contribution in [3.63, 3.8) is 0 Å². The lowest BCUT2D eigenvalue weighted by Gasteiger charge is -2.32. The Morgan fingerprint density at radius 1 is 0.742 bits per heavy atom. The van der Waals surface area contributed by atoms with Crippen LogP contribution in [0.2, 0.25) is 0 Å². The minimum absolute atomic E-state index is 0.0981. The molecule has 2 aromatic carbocycles. The number of likely N-dealkylation sites (N-methyl/N-ethyl adjacent to an activating group) is 2. The van der Waals surface area contributed by atoms with Crippen LogP contribution in [0, 0.1) is 0 Å². The van der Waals surface area contributed by atoms with E-state index in [4.69, 9.17) is 9.47 Å². The summed E-state index contributed by atoms with van der Waals surface area (Å²) >= 11 is 0. The van der Waals surface area contributed by atoms with Gasteiger partial charge in [-0.1, -0.05) is 50.2 Å². The third-order valence-corrected chi connectivity index (χ3v) is 7.67. The summed E-state index contributed by atoms with van der Waals surface area (Å²) in [6.07, 6.45) is -2.72. The number of ether oxygens (including phenoxy) is 2. The zero-order valence-corrected chi connectivity index (χ0v) is 18.6. The molecule has 31 heavy (non-hydrogen) atoms. The van der Waals surface area contributed by atoms with Gasteiger partial charge in [0.2, 0.25) is 0 Å². The second kappa shape index (κ2) is 10.4. The molecule has 0 aromatic heterocycles. The fourth-order valence-electron chi connectivity index (χ4n) is 3.83. The van der Waals surface area contributed by atoms with Gasteiger partial charge in [0.25, 0.3) is 10.2 Å². The Balaban J connectivity index is 1.87. The first-order valence-corrected chi connectivity index (χ1v) is 11.8. The summed E-state index contributed by atoms with van der Waals surface area (Å²) < 4.78 is 40.8. The first-order valence-electron chi connectivity index (χ1n) is 10.4. The zero-order valence-electron chi connectivity index (χ0n) is 17.7. The first kappa shape index (κ1) is 23.5. The van der Waals surface area contributed by atoms with E-state index in [2.05, 4.69) is 0 Å². The Kier molecular flexibility index (Phi) is 7.90. The summed E-state index contributed by atoms with van der Waals surface area (Å²) in [5, 5.41) is 22.0. The lowest BCUT2D eigenvalue weighted by molar-refractivity contribution is -0.0544. The fraction of sp³-hybridized carbons (Fsp3) is 0.455. The van der Waals surface area contributed by atoms with Crippen molar-refractivity contribution in [1.29, 1.82) is 0 Å². The summed E-state index contributed by atoms with van der Waals surface area (Å²) in [5.41, 5.74) is 0. The van der Waals surface area contributed by atoms with E-state index in [1.807, 2.05) is 12.1 Å². The van der Waals surface area contributed by atoms with E-state index in [1.54, 1.807) is 62.4 Å². The predicted octanol–water partition coefficient (Wildman–Crippen LogP) is 1.51. The lowest BCUT2D eigenvalue weighted by Crippen LogP contribution is -2.52. The zero-order chi connectivity index (χ0) is 22.4. The minimum atomic E-state index is -3.99. The highest BCUT2D eigenvalue weighted by atomic mass is 32.2. The maximum atomic E-state index is 13.4. The van der Waals surface area contributed by atoms with Crippen LogP contribution < -0.4 is 9.47 Å². The van der Waals surface area contributed by atoms with E-state index in [0.29, 0.717) is 11.5 Å². The molecule has 0 unspecified atom stereocenters. The summed E-state index contributed by atoms with van der Waals surface area (Å²) in [6, 6.07) is 16.0. The molecule has 170 valence electrons. The van der Waals surface area contributed by atoms with Crippen molar-refractivity contribution in [2.75, 3.05) is 26.3 Å². The van der Waals surface area contributed by atoms with Crippen molar-refractivity contribution in [3.8, 4) is 11.5 Å². The number of hydrogen-bond donors (Lipinski definition) is 2. The van der Waals surface area contributed by atoms with Gasteiger partial charge in [0.15, 0.2) is 0 Å². The van der Waals surface area contributed by atoms with Crippen molar-refractivity contribution in [2.24, 2.45) is 0 Å². The fourth-order valence-corrected chi connectivity index (χ4v) is 5.81. The second-order valence-corrected chi connectivity index (χ2v) is 9.11. The van der Waals surface area contributed by atoms with Crippen molar-refractivity contribution >= 4 is 10.2 Å². The molecular formula is C22H30N2O6S. The van der Waals surface area contributed by atoms with Crippen LogP contribution in [-0.2, 0) is 10.2 Å². The average Bonchev–Trinajstić information content (AvgIpc) is 2.84. The highest BCUT2D eigenvalue weighted by Crippen LogP contribution is 2.28. The van der Waals surface area contributed by atoms with Crippen LogP contribution in [0.1, 0.15) is 13.8 Å². The Bertz CT molecular complexity index is 843. The molecule has 1 aliphatic heterocycles. The molecule has 1 heterocycles. The van der Waals surface area contributed by atoms with Crippen molar-refractivity contribution in [2.45, 2.75) is 38.1 Å². The molecule has 0 bridgehead atoms. The molecule has 0 amide bonds. The Morgan fingerprint density at radius 2 is 1.10 bits per heavy atom. The normalized spacial score (nSPS) is 26.8. The van der Waals surface area contributed by atoms with Crippen LogP contribution in [-0.4, -0.2) is 77.8 Å². The summed E-state index contributed by atoms with van der Waals surface area (Å²) in [5.74, 6) is 1.11. The van der Waals surface area contributed by atoms with Gasteiger partial charge in [-0.15, -0.1) is 0 Å². The van der Waals surface area contributed by atoms with E-state index >= 15 is 0 Å². The van der Waals surface area contributed by atoms with E-state index < -0.39 is 34.5 Å². The SMILES string of the molecule is CCN1[C@H](COc2ccccc2)[C@H](O)[C@@H](O)[C@@H](COc2ccccc2)N(CC)S1(=O)=O. The number of aliphatic hydroxyl groups excluding tert-OH is 2. The molecule has 0 radical (unpaired) electrons. The van der Waals surface area contributed by atoms with E-state index in [1.165, 1.54) is 8.61 Å². The largest absolute Gasteiger partial charge is 0.492 e. The monoisotopic (exact) mass is 450 g/mol. The van der Waals surface area contributed by atoms with Crippen LogP contribution in [0.5, 0.6) is 11.5 Å². The van der Waals surface area contributed by atoms with Crippen LogP contribution in [0.15, 0.2) is 60.7 Å². The van der Waals surface area contributed by atoms with Crippen molar-refractivity contribution in [3.05, 3.63) is 60.7 Å². The Labute approximate surface area is 183 Å². The van der Waals surface area contributed by atoms with E-state index in [9.17, 15) is 18.6 Å². The molecule has 3 rings (SSSR count). The van der Waals surface area contributed by atoms with Crippen molar-refractivity contribution < 1.29 is 28.1 Å². The van der Waals surface area contributed by atoms with Gasteiger partial charge in [0, 0.05) is 13.1 Å². The maximum Gasteiger partial charge on any atom is 0.282 e. The molecule has 2 aromatic rings. The molecule has 1 fully saturated rings. The predicted molar refractivity (Wildman–Crippen MR) is 117 cm³/mol. The van der Waals surface area contributed by atoms with E-state index in [-0.39, 0.29) is 26.3 Å². The van der Waals surface area contributed by atoms with Gasteiger partial charge in [-0.3, -0.25) is 0 Å². The topological polar surface area (TPSA) is 99.5 Å². The average molecular weight is 451 g/mol. The quantitative estimate of drug-likeness (QED) is 0.633.